The number of rotatable bonds is 3. The lowest BCUT2D eigenvalue weighted by atomic mass is 10.0. The molecule has 0 aliphatic carbocycles. The monoisotopic (exact) mass is 250 g/mol. The maximum atomic E-state index is 3.89. The summed E-state index contributed by atoms with van der Waals surface area (Å²) in [6.07, 6.45) is 2.89. The summed E-state index contributed by atoms with van der Waals surface area (Å²) < 4.78 is 0. The summed E-state index contributed by atoms with van der Waals surface area (Å²) in [4.78, 5) is 0. The van der Waals surface area contributed by atoms with Gasteiger partial charge in [-0.25, -0.2) is 0 Å². The van der Waals surface area contributed by atoms with Crippen molar-refractivity contribution in [3.05, 3.63) is 90.5 Å². The average Bonchev–Trinajstić information content (AvgIpc) is 2.41. The highest BCUT2D eigenvalue weighted by Crippen LogP contribution is 2.14. The summed E-state index contributed by atoms with van der Waals surface area (Å²) in [6.45, 7) is 11.7. The van der Waals surface area contributed by atoms with Crippen molar-refractivity contribution in [1.29, 1.82) is 0 Å². The van der Waals surface area contributed by atoms with Gasteiger partial charge in [0.25, 0.3) is 0 Å². The van der Waals surface area contributed by atoms with E-state index in [9.17, 15) is 0 Å². The van der Waals surface area contributed by atoms with Crippen LogP contribution >= 0.6 is 0 Å². The molecular formula is C19H22. The van der Waals surface area contributed by atoms with Gasteiger partial charge >= 0.3 is 0 Å². The molecule has 0 aliphatic heterocycles. The van der Waals surface area contributed by atoms with Gasteiger partial charge in [-0.15, -0.1) is 6.58 Å². The predicted molar refractivity (Wildman–Crippen MR) is 86.2 cm³/mol. The van der Waals surface area contributed by atoms with Crippen molar-refractivity contribution < 1.29 is 0 Å². The van der Waals surface area contributed by atoms with Crippen LogP contribution in [0.25, 0.3) is 5.57 Å². The molecule has 0 amide bonds. The maximum absolute atomic E-state index is 3.89. The predicted octanol–water partition coefficient (Wildman–Crippen LogP) is 5.44. The van der Waals surface area contributed by atoms with E-state index in [0.717, 1.165) is 12.0 Å². The zero-order valence-corrected chi connectivity index (χ0v) is 11.9. The first-order valence-corrected chi connectivity index (χ1v) is 6.51. The number of hydrogen-bond donors (Lipinski definition) is 0. The highest BCUT2D eigenvalue weighted by molar-refractivity contribution is 5.63. The first-order valence-electron chi connectivity index (χ1n) is 6.51. The minimum atomic E-state index is 0.973. The molecule has 0 saturated heterocycles. The lowest BCUT2D eigenvalue weighted by Crippen LogP contribution is -1.81. The molecule has 0 aromatic heterocycles. The van der Waals surface area contributed by atoms with E-state index in [0.29, 0.717) is 0 Å². The van der Waals surface area contributed by atoms with Gasteiger partial charge in [-0.05, 0) is 37.0 Å². The summed E-state index contributed by atoms with van der Waals surface area (Å²) in [5.41, 5.74) is 5.03. The Labute approximate surface area is 117 Å². The summed E-state index contributed by atoms with van der Waals surface area (Å²) in [5, 5.41) is 0. The molecule has 0 saturated carbocycles. The van der Waals surface area contributed by atoms with E-state index in [1.165, 1.54) is 16.7 Å². The lowest BCUT2D eigenvalue weighted by molar-refractivity contribution is 1.28. The van der Waals surface area contributed by atoms with E-state index in [1.807, 2.05) is 43.3 Å². The standard InChI is InChI=1S/C10H12.C9H10/c1-8(2)10-7-5-4-6-9(10)3;1-2-6-9-7-4-3-5-8-9/h4-7H,1H2,2-3H3;2-5,7-8H,1,6H2. The molecule has 2 aromatic rings. The van der Waals surface area contributed by atoms with Gasteiger partial charge in [-0.1, -0.05) is 72.8 Å². The van der Waals surface area contributed by atoms with Gasteiger partial charge < -0.3 is 0 Å². The summed E-state index contributed by atoms with van der Waals surface area (Å²) in [5.74, 6) is 0. The Morgan fingerprint density at radius 2 is 1.58 bits per heavy atom. The molecule has 2 rings (SSSR count). The Bertz CT molecular complexity index is 521. The molecule has 0 nitrogen and oxygen atoms in total. The molecule has 0 atom stereocenters. The first kappa shape index (κ1) is 15.0. The number of allylic oxidation sites excluding steroid dienone is 2. The molecule has 0 unspecified atom stereocenters. The van der Waals surface area contributed by atoms with Crippen molar-refractivity contribution in [2.24, 2.45) is 0 Å². The van der Waals surface area contributed by atoms with Gasteiger partial charge in [0.15, 0.2) is 0 Å². The Balaban J connectivity index is 0.000000191. The van der Waals surface area contributed by atoms with E-state index >= 15 is 0 Å². The first-order chi connectivity index (χ1) is 9.15. The van der Waals surface area contributed by atoms with Crippen molar-refractivity contribution >= 4 is 5.57 Å². The van der Waals surface area contributed by atoms with Gasteiger partial charge in [-0.2, -0.15) is 0 Å². The highest BCUT2D eigenvalue weighted by Gasteiger charge is 1.94. The molecule has 0 spiro atoms. The van der Waals surface area contributed by atoms with E-state index in [2.05, 4.69) is 44.3 Å². The second-order valence-electron chi connectivity index (χ2n) is 4.57. The number of hydrogen-bond acceptors (Lipinski definition) is 0. The lowest BCUT2D eigenvalue weighted by Gasteiger charge is -2.02. The van der Waals surface area contributed by atoms with Crippen molar-refractivity contribution in [2.75, 3.05) is 0 Å². The van der Waals surface area contributed by atoms with Gasteiger partial charge in [0.2, 0.25) is 0 Å². The molecule has 0 heteroatoms. The van der Waals surface area contributed by atoms with E-state index in [1.54, 1.807) is 0 Å². The van der Waals surface area contributed by atoms with Crippen LogP contribution in [0.5, 0.6) is 0 Å². The van der Waals surface area contributed by atoms with Crippen LogP contribution in [-0.4, -0.2) is 0 Å². The molecule has 0 aliphatic rings. The Morgan fingerprint density at radius 3 is 2.05 bits per heavy atom. The minimum absolute atomic E-state index is 0.973. The third kappa shape index (κ3) is 5.39. The van der Waals surface area contributed by atoms with Crippen LogP contribution < -0.4 is 0 Å². The fraction of sp³-hybridized carbons (Fsp3) is 0.158. The maximum Gasteiger partial charge on any atom is -0.0100 e. The SMILES string of the molecule is C=C(C)c1ccccc1C.C=CCc1ccccc1. The quantitative estimate of drug-likeness (QED) is 0.636. The number of aryl methyl sites for hydroxylation is 1. The molecule has 0 radical (unpaired) electrons. The van der Waals surface area contributed by atoms with Gasteiger partial charge in [0.05, 0.1) is 0 Å². The van der Waals surface area contributed by atoms with Crippen LogP contribution in [0.15, 0.2) is 73.8 Å². The minimum Gasteiger partial charge on any atom is -0.103 e. The summed E-state index contributed by atoms with van der Waals surface area (Å²) in [6, 6.07) is 18.6. The van der Waals surface area contributed by atoms with Crippen molar-refractivity contribution in [3.8, 4) is 0 Å². The molecular weight excluding hydrogens is 228 g/mol. The van der Waals surface area contributed by atoms with Crippen molar-refractivity contribution in [1.82, 2.24) is 0 Å². The zero-order chi connectivity index (χ0) is 14.1. The van der Waals surface area contributed by atoms with Gasteiger partial charge in [-0.3, -0.25) is 0 Å². The molecule has 0 fully saturated rings. The third-order valence-corrected chi connectivity index (χ3v) is 2.83. The Morgan fingerprint density at radius 1 is 1.00 bits per heavy atom. The Hall–Kier alpha value is -2.08. The molecule has 19 heavy (non-hydrogen) atoms. The normalized spacial score (nSPS) is 9.16. The molecule has 0 heterocycles. The van der Waals surface area contributed by atoms with Crippen molar-refractivity contribution in [2.45, 2.75) is 20.3 Å². The van der Waals surface area contributed by atoms with Crippen LogP contribution in [0.4, 0.5) is 0 Å². The topological polar surface area (TPSA) is 0 Å². The Kier molecular flexibility index (Phi) is 6.38. The largest absolute Gasteiger partial charge is 0.103 e. The van der Waals surface area contributed by atoms with Crippen LogP contribution in [0.3, 0.4) is 0 Å². The van der Waals surface area contributed by atoms with Crippen LogP contribution in [0.2, 0.25) is 0 Å². The van der Waals surface area contributed by atoms with Crippen LogP contribution in [0.1, 0.15) is 23.6 Å². The second kappa shape index (κ2) is 8.10. The van der Waals surface area contributed by atoms with Crippen LogP contribution in [-0.2, 0) is 6.42 Å². The van der Waals surface area contributed by atoms with Gasteiger partial charge in [0.1, 0.15) is 0 Å². The average molecular weight is 250 g/mol. The van der Waals surface area contributed by atoms with Crippen LogP contribution in [0, 0.1) is 6.92 Å². The molecule has 2 aromatic carbocycles. The van der Waals surface area contributed by atoms with E-state index in [-0.39, 0.29) is 0 Å². The second-order valence-corrected chi connectivity index (χ2v) is 4.57. The number of benzene rings is 2. The molecule has 98 valence electrons. The fourth-order valence-electron chi connectivity index (χ4n) is 1.83. The van der Waals surface area contributed by atoms with Gasteiger partial charge in [0, 0.05) is 0 Å². The zero-order valence-electron chi connectivity index (χ0n) is 11.9. The summed E-state index contributed by atoms with van der Waals surface area (Å²) in [7, 11) is 0. The molecule has 0 bridgehead atoms. The summed E-state index contributed by atoms with van der Waals surface area (Å²) >= 11 is 0. The fourth-order valence-corrected chi connectivity index (χ4v) is 1.83. The third-order valence-electron chi connectivity index (χ3n) is 2.83. The van der Waals surface area contributed by atoms with E-state index in [4.69, 9.17) is 0 Å². The molecule has 0 N–H and O–H groups in total. The van der Waals surface area contributed by atoms with E-state index < -0.39 is 0 Å². The van der Waals surface area contributed by atoms with Crippen molar-refractivity contribution in [3.63, 3.8) is 0 Å². The highest BCUT2D eigenvalue weighted by atomic mass is 14.0. The smallest absolute Gasteiger partial charge is 0.0100 e.